The van der Waals surface area contributed by atoms with Gasteiger partial charge in [-0.05, 0) is 15.9 Å². The van der Waals surface area contributed by atoms with Gasteiger partial charge in [0.05, 0.1) is 15.1 Å². The summed E-state index contributed by atoms with van der Waals surface area (Å²) in [7, 11) is 0. The summed E-state index contributed by atoms with van der Waals surface area (Å²) in [6, 6.07) is 2.13. The first-order valence-corrected chi connectivity index (χ1v) is 6.36. The molecule has 104 valence electrons. The van der Waals surface area contributed by atoms with Gasteiger partial charge in [0.25, 0.3) is 11.6 Å². The van der Waals surface area contributed by atoms with Gasteiger partial charge in [0, 0.05) is 38.1 Å². The van der Waals surface area contributed by atoms with E-state index in [1.807, 2.05) is 0 Å². The van der Waals surface area contributed by atoms with Crippen molar-refractivity contribution in [1.29, 1.82) is 0 Å². The van der Waals surface area contributed by atoms with E-state index in [9.17, 15) is 23.3 Å². The molecule has 0 aromatic heterocycles. The zero-order chi connectivity index (χ0) is 14.2. The van der Waals surface area contributed by atoms with E-state index in [1.165, 1.54) is 4.90 Å². The largest absolute Gasteiger partial charge is 0.368 e. The highest BCUT2D eigenvalue weighted by Crippen LogP contribution is 2.35. The van der Waals surface area contributed by atoms with Gasteiger partial charge in [0.1, 0.15) is 0 Å². The Hall–Kier alpha value is -1.31. The van der Waals surface area contributed by atoms with Crippen molar-refractivity contribution >= 4 is 27.3 Å². The van der Waals surface area contributed by atoms with Crippen LogP contribution in [0.15, 0.2) is 16.6 Å². The second-order valence-electron chi connectivity index (χ2n) is 4.36. The molecule has 0 bridgehead atoms. The monoisotopic (exact) mass is 338 g/mol. The van der Waals surface area contributed by atoms with Crippen molar-refractivity contribution in [1.82, 2.24) is 0 Å². The smallest absolute Gasteiger partial charge is 0.272 e. The number of alkyl halides is 2. The molecule has 1 heterocycles. The predicted molar refractivity (Wildman–Crippen MR) is 67.1 cm³/mol. The van der Waals surface area contributed by atoms with Crippen LogP contribution in [0.3, 0.4) is 0 Å². The van der Waals surface area contributed by atoms with Crippen molar-refractivity contribution in [3.8, 4) is 0 Å². The van der Waals surface area contributed by atoms with Crippen molar-refractivity contribution in [3.63, 3.8) is 0 Å². The van der Waals surface area contributed by atoms with E-state index in [0.717, 1.165) is 12.1 Å². The van der Waals surface area contributed by atoms with Gasteiger partial charge >= 0.3 is 0 Å². The Labute approximate surface area is 115 Å². The van der Waals surface area contributed by atoms with E-state index in [4.69, 9.17) is 0 Å². The number of non-ortho nitro benzene ring substituents is 1. The normalized spacial score (nSPS) is 18.4. The molecular weight excluding hydrogens is 329 g/mol. The van der Waals surface area contributed by atoms with Gasteiger partial charge in [0.15, 0.2) is 5.82 Å². The van der Waals surface area contributed by atoms with Gasteiger partial charge < -0.3 is 4.90 Å². The third-order valence-electron chi connectivity index (χ3n) is 3.04. The number of hydrogen-bond donors (Lipinski definition) is 0. The highest BCUT2D eigenvalue weighted by molar-refractivity contribution is 9.10. The fourth-order valence-electron chi connectivity index (χ4n) is 1.97. The second-order valence-corrected chi connectivity index (χ2v) is 5.22. The molecule has 0 saturated carbocycles. The summed E-state index contributed by atoms with van der Waals surface area (Å²) in [5.41, 5.74) is -0.294. The van der Waals surface area contributed by atoms with E-state index in [0.29, 0.717) is 0 Å². The van der Waals surface area contributed by atoms with Crippen molar-refractivity contribution in [2.24, 2.45) is 0 Å². The van der Waals surface area contributed by atoms with Crippen LogP contribution in [0.2, 0.25) is 0 Å². The molecule has 0 radical (unpaired) electrons. The Morgan fingerprint density at radius 3 is 2.42 bits per heavy atom. The number of nitrogens with zero attached hydrogens (tertiary/aromatic N) is 2. The van der Waals surface area contributed by atoms with Crippen LogP contribution < -0.4 is 4.90 Å². The topological polar surface area (TPSA) is 46.4 Å². The van der Waals surface area contributed by atoms with Crippen LogP contribution in [0.4, 0.5) is 24.5 Å². The Kier molecular flexibility index (Phi) is 3.71. The first kappa shape index (κ1) is 14.1. The molecule has 1 aromatic rings. The molecule has 0 aliphatic carbocycles. The third kappa shape index (κ3) is 2.99. The lowest BCUT2D eigenvalue weighted by atomic mass is 10.1. The molecule has 1 saturated heterocycles. The van der Waals surface area contributed by atoms with Crippen LogP contribution in [0.25, 0.3) is 0 Å². The average Bonchev–Trinajstić information content (AvgIpc) is 2.32. The van der Waals surface area contributed by atoms with Crippen LogP contribution in [0.1, 0.15) is 12.8 Å². The molecule has 1 aliphatic rings. The average molecular weight is 339 g/mol. The molecule has 8 heteroatoms. The summed E-state index contributed by atoms with van der Waals surface area (Å²) in [4.78, 5) is 11.5. The van der Waals surface area contributed by atoms with Gasteiger partial charge in [0.2, 0.25) is 0 Å². The summed E-state index contributed by atoms with van der Waals surface area (Å²) in [5, 5.41) is 10.7. The minimum Gasteiger partial charge on any atom is -0.368 e. The Morgan fingerprint density at radius 2 is 1.89 bits per heavy atom. The summed E-state index contributed by atoms with van der Waals surface area (Å²) in [6.07, 6.45) is -0.764. The van der Waals surface area contributed by atoms with Gasteiger partial charge in [-0.15, -0.1) is 0 Å². The number of benzene rings is 1. The number of rotatable bonds is 2. The summed E-state index contributed by atoms with van der Waals surface area (Å²) in [5.74, 6) is -3.42. The highest BCUT2D eigenvalue weighted by Gasteiger charge is 2.35. The minimum absolute atomic E-state index is 0.0171. The minimum atomic E-state index is -2.75. The van der Waals surface area contributed by atoms with Crippen molar-refractivity contribution < 1.29 is 18.1 Å². The van der Waals surface area contributed by atoms with E-state index in [2.05, 4.69) is 15.9 Å². The molecule has 19 heavy (non-hydrogen) atoms. The lowest BCUT2D eigenvalue weighted by Gasteiger charge is -2.33. The fourth-order valence-corrected chi connectivity index (χ4v) is 2.41. The molecule has 2 rings (SSSR count). The van der Waals surface area contributed by atoms with Crippen LogP contribution in [-0.2, 0) is 0 Å². The summed E-state index contributed by atoms with van der Waals surface area (Å²) in [6.45, 7) is -0.0605. The number of anilines is 1. The van der Waals surface area contributed by atoms with E-state index >= 15 is 0 Å². The van der Waals surface area contributed by atoms with Crippen LogP contribution in [0, 0.1) is 15.9 Å². The Morgan fingerprint density at radius 1 is 1.32 bits per heavy atom. The summed E-state index contributed by atoms with van der Waals surface area (Å²) >= 11 is 2.90. The lowest BCUT2D eigenvalue weighted by Crippen LogP contribution is -2.39. The first-order valence-electron chi connectivity index (χ1n) is 5.56. The number of nitro groups is 1. The van der Waals surface area contributed by atoms with Gasteiger partial charge in [-0.2, -0.15) is 0 Å². The zero-order valence-corrected chi connectivity index (χ0v) is 11.3. The van der Waals surface area contributed by atoms with Gasteiger partial charge in [-0.1, -0.05) is 0 Å². The second kappa shape index (κ2) is 4.99. The molecule has 0 amide bonds. The number of hydrogen-bond acceptors (Lipinski definition) is 3. The number of piperidine rings is 1. The van der Waals surface area contributed by atoms with Crippen LogP contribution >= 0.6 is 15.9 Å². The van der Waals surface area contributed by atoms with E-state index in [-0.39, 0.29) is 41.8 Å². The van der Waals surface area contributed by atoms with E-state index in [1.54, 1.807) is 0 Å². The Bertz CT molecular complexity index is 515. The maximum absolute atomic E-state index is 13.9. The molecule has 1 aliphatic heterocycles. The van der Waals surface area contributed by atoms with E-state index < -0.39 is 16.7 Å². The molecule has 0 atom stereocenters. The molecular formula is C11H10BrF3N2O2. The molecule has 0 unspecified atom stereocenters. The first-order chi connectivity index (χ1) is 8.80. The molecule has 1 fully saturated rings. The van der Waals surface area contributed by atoms with Crippen LogP contribution in [-0.4, -0.2) is 23.9 Å². The van der Waals surface area contributed by atoms with Crippen molar-refractivity contribution in [2.45, 2.75) is 18.8 Å². The standard InChI is InChI=1S/C11H10BrF3N2O2/c12-8-5-7(17(18)19)6-9(10(8)13)16-3-1-11(14,15)2-4-16/h5-6H,1-4H2. The molecule has 0 N–H and O–H groups in total. The maximum atomic E-state index is 13.9. The van der Waals surface area contributed by atoms with Crippen molar-refractivity contribution in [3.05, 3.63) is 32.5 Å². The third-order valence-corrected chi connectivity index (χ3v) is 3.62. The van der Waals surface area contributed by atoms with Gasteiger partial charge in [-0.25, -0.2) is 13.2 Å². The highest BCUT2D eigenvalue weighted by atomic mass is 79.9. The maximum Gasteiger partial charge on any atom is 0.272 e. The fraction of sp³-hybridized carbons (Fsp3) is 0.455. The number of nitro benzene ring substituents is 1. The number of halogens is 4. The molecule has 0 spiro atoms. The molecule has 1 aromatic carbocycles. The quantitative estimate of drug-likeness (QED) is 0.609. The molecule has 4 nitrogen and oxygen atoms in total. The predicted octanol–water partition coefficient (Wildman–Crippen LogP) is 3.73. The lowest BCUT2D eigenvalue weighted by molar-refractivity contribution is -0.384. The van der Waals surface area contributed by atoms with Gasteiger partial charge in [-0.3, -0.25) is 10.1 Å². The van der Waals surface area contributed by atoms with Crippen LogP contribution in [0.5, 0.6) is 0 Å². The Balaban J connectivity index is 2.32. The SMILES string of the molecule is O=[N+]([O-])c1cc(Br)c(F)c(N2CCC(F)(F)CC2)c1. The zero-order valence-electron chi connectivity index (χ0n) is 9.71. The summed E-state index contributed by atoms with van der Waals surface area (Å²) < 4.78 is 40.0. The van der Waals surface area contributed by atoms with Crippen molar-refractivity contribution in [2.75, 3.05) is 18.0 Å².